The van der Waals surface area contributed by atoms with Crippen molar-refractivity contribution in [3.8, 4) is 0 Å². The molecule has 0 unspecified atom stereocenters. The first-order valence-electron chi connectivity index (χ1n) is 5.53. The molecule has 2 aromatic rings. The number of carbonyl (C=O) groups excluding carboxylic acids is 1. The number of ketones is 1. The number of Topliss-reactive ketones (excluding diaryl/α,β-unsaturated/α-hetero) is 1. The smallest absolute Gasteiger partial charge is 0.311 e. The van der Waals surface area contributed by atoms with Gasteiger partial charge < -0.3 is 5.11 Å². The highest BCUT2D eigenvalue weighted by Crippen LogP contribution is 2.23. The number of hydrogen-bond donors (Lipinski definition) is 1. The molecule has 92 valence electrons. The van der Waals surface area contributed by atoms with Crippen molar-refractivity contribution in [1.82, 2.24) is 0 Å². The standard InChI is InChI=1S/C14H12O3S/c15-12(13-7-4-8-18-13)9-11(14(16)17)10-5-2-1-3-6-10/h1-8,11H,9H2,(H,16,17)/t11-/m1/s1. The van der Waals surface area contributed by atoms with Gasteiger partial charge in [-0.25, -0.2) is 0 Å². The lowest BCUT2D eigenvalue weighted by Crippen LogP contribution is -2.15. The Bertz CT molecular complexity index is 531. The van der Waals surface area contributed by atoms with Crippen molar-refractivity contribution < 1.29 is 14.7 Å². The fourth-order valence-corrected chi connectivity index (χ4v) is 2.43. The Morgan fingerprint density at radius 3 is 2.39 bits per heavy atom. The Morgan fingerprint density at radius 1 is 1.11 bits per heavy atom. The van der Waals surface area contributed by atoms with E-state index in [1.54, 1.807) is 36.4 Å². The second kappa shape index (κ2) is 5.60. The number of rotatable bonds is 5. The first-order valence-corrected chi connectivity index (χ1v) is 6.41. The van der Waals surface area contributed by atoms with Gasteiger partial charge in [0, 0.05) is 6.42 Å². The van der Waals surface area contributed by atoms with Crippen LogP contribution in [0.25, 0.3) is 0 Å². The number of thiophene rings is 1. The minimum absolute atomic E-state index is 0.000139. The minimum atomic E-state index is -0.967. The topological polar surface area (TPSA) is 54.4 Å². The number of carboxylic acid groups (broad SMARTS) is 1. The van der Waals surface area contributed by atoms with E-state index in [4.69, 9.17) is 0 Å². The van der Waals surface area contributed by atoms with Gasteiger partial charge >= 0.3 is 5.97 Å². The summed E-state index contributed by atoms with van der Waals surface area (Å²) in [5.74, 6) is -1.87. The second-order valence-electron chi connectivity index (χ2n) is 3.91. The molecule has 1 atom stereocenters. The molecule has 1 heterocycles. The van der Waals surface area contributed by atoms with Gasteiger partial charge in [-0.2, -0.15) is 0 Å². The zero-order valence-electron chi connectivity index (χ0n) is 9.58. The van der Waals surface area contributed by atoms with Crippen LogP contribution in [0, 0.1) is 0 Å². The largest absolute Gasteiger partial charge is 0.481 e. The zero-order valence-corrected chi connectivity index (χ0v) is 10.4. The predicted octanol–water partition coefficient (Wildman–Crippen LogP) is 3.19. The molecule has 1 aromatic carbocycles. The van der Waals surface area contributed by atoms with E-state index in [9.17, 15) is 14.7 Å². The molecule has 0 radical (unpaired) electrons. The normalized spacial score (nSPS) is 12.0. The van der Waals surface area contributed by atoms with Crippen LogP contribution in [0.3, 0.4) is 0 Å². The number of benzene rings is 1. The van der Waals surface area contributed by atoms with E-state index in [-0.39, 0.29) is 12.2 Å². The van der Waals surface area contributed by atoms with Crippen molar-refractivity contribution in [3.05, 3.63) is 58.3 Å². The molecular weight excluding hydrogens is 248 g/mol. The van der Waals surface area contributed by atoms with Gasteiger partial charge in [0.2, 0.25) is 0 Å². The van der Waals surface area contributed by atoms with Crippen LogP contribution in [-0.4, -0.2) is 16.9 Å². The van der Waals surface area contributed by atoms with E-state index in [0.717, 1.165) is 0 Å². The molecule has 0 aliphatic heterocycles. The lowest BCUT2D eigenvalue weighted by atomic mass is 9.93. The van der Waals surface area contributed by atoms with Gasteiger partial charge in [0.15, 0.2) is 5.78 Å². The third-order valence-corrected chi connectivity index (χ3v) is 3.60. The predicted molar refractivity (Wildman–Crippen MR) is 70.1 cm³/mol. The first kappa shape index (κ1) is 12.5. The summed E-state index contributed by atoms with van der Waals surface area (Å²) in [5, 5.41) is 11.0. The fourth-order valence-electron chi connectivity index (χ4n) is 1.76. The Labute approximate surface area is 109 Å². The van der Waals surface area contributed by atoms with E-state index in [2.05, 4.69) is 0 Å². The number of aliphatic carboxylic acids is 1. The molecule has 0 saturated heterocycles. The van der Waals surface area contributed by atoms with Gasteiger partial charge in [-0.1, -0.05) is 36.4 Å². The van der Waals surface area contributed by atoms with Crippen LogP contribution in [0.4, 0.5) is 0 Å². The van der Waals surface area contributed by atoms with E-state index in [1.807, 2.05) is 11.4 Å². The highest BCUT2D eigenvalue weighted by Gasteiger charge is 2.23. The van der Waals surface area contributed by atoms with Crippen LogP contribution in [0.2, 0.25) is 0 Å². The van der Waals surface area contributed by atoms with E-state index >= 15 is 0 Å². The molecule has 0 fully saturated rings. The highest BCUT2D eigenvalue weighted by molar-refractivity contribution is 7.12. The summed E-state index contributed by atoms with van der Waals surface area (Å²) < 4.78 is 0. The van der Waals surface area contributed by atoms with Crippen molar-refractivity contribution in [2.45, 2.75) is 12.3 Å². The van der Waals surface area contributed by atoms with Crippen LogP contribution in [-0.2, 0) is 4.79 Å². The van der Waals surface area contributed by atoms with Crippen LogP contribution >= 0.6 is 11.3 Å². The number of hydrogen-bond acceptors (Lipinski definition) is 3. The molecule has 4 heteroatoms. The molecule has 0 bridgehead atoms. The SMILES string of the molecule is O=C(C[C@@H](C(=O)O)c1ccccc1)c1cccs1. The fraction of sp³-hybridized carbons (Fsp3) is 0.143. The summed E-state index contributed by atoms with van der Waals surface area (Å²) in [6.45, 7) is 0. The number of carboxylic acids is 1. The Morgan fingerprint density at radius 2 is 1.83 bits per heavy atom. The van der Waals surface area contributed by atoms with E-state index in [0.29, 0.717) is 10.4 Å². The molecule has 0 spiro atoms. The molecule has 1 aromatic heterocycles. The Kier molecular flexibility index (Phi) is 3.89. The summed E-state index contributed by atoms with van der Waals surface area (Å²) in [6.07, 6.45) is -0.000139. The molecular formula is C14H12O3S. The summed E-state index contributed by atoms with van der Waals surface area (Å²) in [6, 6.07) is 12.4. The Hall–Kier alpha value is -1.94. The van der Waals surface area contributed by atoms with Gasteiger partial charge in [-0.15, -0.1) is 11.3 Å². The first-order chi connectivity index (χ1) is 8.68. The Balaban J connectivity index is 2.18. The van der Waals surface area contributed by atoms with Crippen molar-refractivity contribution in [1.29, 1.82) is 0 Å². The quantitative estimate of drug-likeness (QED) is 0.840. The summed E-state index contributed by atoms with van der Waals surface area (Å²) in [4.78, 5) is 23.8. The maximum atomic E-state index is 11.9. The van der Waals surface area contributed by atoms with E-state index < -0.39 is 11.9 Å². The summed E-state index contributed by atoms with van der Waals surface area (Å²) in [5.41, 5.74) is 0.662. The van der Waals surface area contributed by atoms with Crippen molar-refractivity contribution in [2.24, 2.45) is 0 Å². The van der Waals surface area contributed by atoms with Crippen molar-refractivity contribution in [3.63, 3.8) is 0 Å². The third-order valence-electron chi connectivity index (χ3n) is 2.69. The molecule has 0 aliphatic carbocycles. The molecule has 18 heavy (non-hydrogen) atoms. The van der Waals surface area contributed by atoms with Gasteiger partial charge in [0.25, 0.3) is 0 Å². The van der Waals surface area contributed by atoms with Gasteiger partial charge in [-0.05, 0) is 17.0 Å². The summed E-state index contributed by atoms with van der Waals surface area (Å²) in [7, 11) is 0. The average Bonchev–Trinajstić information content (AvgIpc) is 2.90. The van der Waals surface area contributed by atoms with Crippen LogP contribution in [0.1, 0.15) is 27.6 Å². The lowest BCUT2D eigenvalue weighted by Gasteiger charge is -2.11. The van der Waals surface area contributed by atoms with Crippen LogP contribution in [0.5, 0.6) is 0 Å². The summed E-state index contributed by atoms with van der Waals surface area (Å²) >= 11 is 1.34. The third kappa shape index (κ3) is 2.84. The van der Waals surface area contributed by atoms with Gasteiger partial charge in [-0.3, -0.25) is 9.59 Å². The molecule has 2 rings (SSSR count). The van der Waals surface area contributed by atoms with Gasteiger partial charge in [0.1, 0.15) is 0 Å². The van der Waals surface area contributed by atoms with Crippen molar-refractivity contribution in [2.75, 3.05) is 0 Å². The zero-order chi connectivity index (χ0) is 13.0. The minimum Gasteiger partial charge on any atom is -0.481 e. The highest BCUT2D eigenvalue weighted by atomic mass is 32.1. The molecule has 3 nitrogen and oxygen atoms in total. The van der Waals surface area contributed by atoms with Crippen molar-refractivity contribution >= 4 is 23.1 Å². The molecule has 0 aliphatic rings. The maximum Gasteiger partial charge on any atom is 0.311 e. The molecule has 0 saturated carbocycles. The molecule has 0 amide bonds. The van der Waals surface area contributed by atoms with Crippen LogP contribution in [0.15, 0.2) is 47.8 Å². The average molecular weight is 260 g/mol. The molecule has 1 N–H and O–H groups in total. The second-order valence-corrected chi connectivity index (χ2v) is 4.85. The number of carbonyl (C=O) groups is 2. The van der Waals surface area contributed by atoms with Gasteiger partial charge in [0.05, 0.1) is 10.8 Å². The maximum absolute atomic E-state index is 11.9. The lowest BCUT2D eigenvalue weighted by molar-refractivity contribution is -0.138. The van der Waals surface area contributed by atoms with Crippen LogP contribution < -0.4 is 0 Å². The monoisotopic (exact) mass is 260 g/mol. The van der Waals surface area contributed by atoms with E-state index in [1.165, 1.54) is 11.3 Å².